The van der Waals surface area contributed by atoms with E-state index in [-0.39, 0.29) is 18.1 Å². The second-order valence-corrected chi connectivity index (χ2v) is 4.99. The van der Waals surface area contributed by atoms with Crippen LogP contribution < -0.4 is 5.32 Å². The molecule has 6 heteroatoms. The van der Waals surface area contributed by atoms with E-state index >= 15 is 0 Å². The molecule has 1 N–H and O–H groups in total. The molecule has 2 aromatic rings. The Morgan fingerprint density at radius 2 is 1.95 bits per heavy atom. The Morgan fingerprint density at radius 3 is 2.68 bits per heavy atom. The average Bonchev–Trinajstić information content (AvgIpc) is 2.79. The van der Waals surface area contributed by atoms with Crippen molar-refractivity contribution in [1.82, 2.24) is 4.90 Å². The predicted molar refractivity (Wildman–Crippen MR) is 76.2 cm³/mol. The molecule has 0 atom stereocenters. The number of hydrogen-bond donors (Lipinski definition) is 1. The number of carbonyl (C=O) groups is 2. The van der Waals surface area contributed by atoms with Crippen LogP contribution in [0.15, 0.2) is 42.5 Å². The van der Waals surface area contributed by atoms with Crippen LogP contribution in [-0.2, 0) is 11.3 Å². The lowest BCUT2D eigenvalue weighted by molar-refractivity contribution is -0.116. The van der Waals surface area contributed by atoms with E-state index < -0.39 is 17.5 Å². The summed E-state index contributed by atoms with van der Waals surface area (Å²) in [5.41, 5.74) is 1.31. The maximum absolute atomic E-state index is 13.5. The van der Waals surface area contributed by atoms with Crippen molar-refractivity contribution in [1.29, 1.82) is 0 Å². The molecule has 1 aliphatic heterocycles. The predicted octanol–water partition coefficient (Wildman–Crippen LogP) is 2.56. The monoisotopic (exact) mass is 302 g/mol. The molecular formula is C16H12F2N2O2. The lowest BCUT2D eigenvalue weighted by Gasteiger charge is -2.15. The Kier molecular flexibility index (Phi) is 3.58. The molecule has 1 aliphatic rings. The molecule has 0 spiro atoms. The third-order valence-electron chi connectivity index (χ3n) is 3.44. The molecule has 0 unspecified atom stereocenters. The Balaban J connectivity index is 1.67. The average molecular weight is 302 g/mol. The van der Waals surface area contributed by atoms with Crippen molar-refractivity contribution in [2.24, 2.45) is 0 Å². The van der Waals surface area contributed by atoms with Gasteiger partial charge in [0.1, 0.15) is 18.2 Å². The van der Waals surface area contributed by atoms with Crippen molar-refractivity contribution < 1.29 is 18.4 Å². The fraction of sp³-hybridized carbons (Fsp3) is 0.125. The van der Waals surface area contributed by atoms with Gasteiger partial charge in [0.05, 0.1) is 5.69 Å². The summed E-state index contributed by atoms with van der Waals surface area (Å²) in [6.45, 7) is 0.151. The number of halogens is 2. The highest BCUT2D eigenvalue weighted by Gasteiger charge is 2.28. The van der Waals surface area contributed by atoms with Gasteiger partial charge in [-0.1, -0.05) is 18.2 Å². The van der Waals surface area contributed by atoms with Crippen LogP contribution in [0.4, 0.5) is 14.5 Å². The van der Waals surface area contributed by atoms with Gasteiger partial charge in [0.25, 0.3) is 5.91 Å². The van der Waals surface area contributed by atoms with Gasteiger partial charge in [0.2, 0.25) is 5.91 Å². The van der Waals surface area contributed by atoms with Gasteiger partial charge in [-0.15, -0.1) is 0 Å². The zero-order chi connectivity index (χ0) is 15.7. The second-order valence-electron chi connectivity index (χ2n) is 4.99. The van der Waals surface area contributed by atoms with Gasteiger partial charge < -0.3 is 10.2 Å². The summed E-state index contributed by atoms with van der Waals surface area (Å²) in [6.07, 6.45) is 0. The lowest BCUT2D eigenvalue weighted by Crippen LogP contribution is -2.33. The molecule has 0 bridgehead atoms. The number of fused-ring (bicyclic) bond motifs is 1. The lowest BCUT2D eigenvalue weighted by atomic mass is 10.1. The van der Waals surface area contributed by atoms with E-state index in [1.165, 1.54) is 4.90 Å². The summed E-state index contributed by atoms with van der Waals surface area (Å²) in [5, 5.41) is 2.34. The highest BCUT2D eigenvalue weighted by Crippen LogP contribution is 2.22. The molecule has 0 fully saturated rings. The minimum absolute atomic E-state index is 0.115. The molecule has 1 heterocycles. The van der Waals surface area contributed by atoms with Crippen LogP contribution >= 0.6 is 0 Å². The number of nitrogens with one attached hydrogen (secondary N) is 1. The normalized spacial score (nSPS) is 13.2. The zero-order valence-electron chi connectivity index (χ0n) is 11.5. The van der Waals surface area contributed by atoms with Gasteiger partial charge in [0, 0.05) is 18.2 Å². The minimum atomic E-state index is -0.857. The Hall–Kier alpha value is -2.76. The molecule has 0 saturated heterocycles. The van der Waals surface area contributed by atoms with Crippen molar-refractivity contribution in [3.63, 3.8) is 0 Å². The summed E-state index contributed by atoms with van der Waals surface area (Å²) in [4.78, 5) is 25.4. The Morgan fingerprint density at radius 1 is 1.18 bits per heavy atom. The quantitative estimate of drug-likeness (QED) is 0.947. The van der Waals surface area contributed by atoms with Crippen molar-refractivity contribution in [2.45, 2.75) is 6.54 Å². The van der Waals surface area contributed by atoms with Crippen molar-refractivity contribution in [3.05, 3.63) is 65.2 Å². The third-order valence-corrected chi connectivity index (χ3v) is 3.44. The number of anilines is 1. The third kappa shape index (κ3) is 2.67. The maximum atomic E-state index is 13.5. The van der Waals surface area contributed by atoms with E-state index in [0.717, 1.165) is 17.7 Å². The first kappa shape index (κ1) is 14.2. The standard InChI is InChI=1S/C16H12F2N2O2/c17-11-5-6-14(13(18)7-11)19-15(21)9-20-8-10-3-1-2-4-12(10)16(20)22/h1-7H,8-9H2,(H,19,21). The van der Waals surface area contributed by atoms with Crippen LogP contribution in [0.5, 0.6) is 0 Å². The summed E-state index contributed by atoms with van der Waals surface area (Å²) < 4.78 is 26.3. The largest absolute Gasteiger partial charge is 0.325 e. The Bertz CT molecular complexity index is 762. The van der Waals surface area contributed by atoms with Crippen LogP contribution in [0.1, 0.15) is 15.9 Å². The summed E-state index contributed by atoms with van der Waals surface area (Å²) in [7, 11) is 0. The second kappa shape index (κ2) is 5.55. The molecule has 4 nitrogen and oxygen atoms in total. The first-order valence-corrected chi connectivity index (χ1v) is 6.66. The number of rotatable bonds is 3. The fourth-order valence-corrected chi connectivity index (χ4v) is 2.40. The first-order chi connectivity index (χ1) is 10.5. The van der Waals surface area contributed by atoms with Crippen LogP contribution in [0, 0.1) is 11.6 Å². The van der Waals surface area contributed by atoms with E-state index in [4.69, 9.17) is 0 Å². The number of hydrogen-bond acceptors (Lipinski definition) is 2. The van der Waals surface area contributed by atoms with Crippen LogP contribution in [0.2, 0.25) is 0 Å². The molecule has 112 valence electrons. The van der Waals surface area contributed by atoms with Gasteiger partial charge >= 0.3 is 0 Å². The summed E-state index contributed by atoms with van der Waals surface area (Å²) in [6, 6.07) is 9.99. The highest BCUT2D eigenvalue weighted by atomic mass is 19.1. The van der Waals surface area contributed by atoms with E-state index in [2.05, 4.69) is 5.32 Å². The topological polar surface area (TPSA) is 49.4 Å². The maximum Gasteiger partial charge on any atom is 0.254 e. The van der Waals surface area contributed by atoms with Gasteiger partial charge in [-0.3, -0.25) is 9.59 Å². The molecule has 0 aliphatic carbocycles. The molecule has 3 rings (SSSR count). The number of benzene rings is 2. The molecule has 0 aromatic heterocycles. The van der Waals surface area contributed by atoms with Crippen LogP contribution in [0.25, 0.3) is 0 Å². The smallest absolute Gasteiger partial charge is 0.254 e. The Labute approximate surface area is 125 Å². The van der Waals surface area contributed by atoms with E-state index in [9.17, 15) is 18.4 Å². The van der Waals surface area contributed by atoms with Gasteiger partial charge in [0.15, 0.2) is 0 Å². The van der Waals surface area contributed by atoms with E-state index in [0.29, 0.717) is 18.2 Å². The van der Waals surface area contributed by atoms with Gasteiger partial charge in [-0.25, -0.2) is 8.78 Å². The van der Waals surface area contributed by atoms with Gasteiger partial charge in [-0.2, -0.15) is 0 Å². The van der Waals surface area contributed by atoms with Crippen molar-refractivity contribution in [3.8, 4) is 0 Å². The fourth-order valence-electron chi connectivity index (χ4n) is 2.40. The van der Waals surface area contributed by atoms with Crippen LogP contribution in [0.3, 0.4) is 0 Å². The first-order valence-electron chi connectivity index (χ1n) is 6.66. The highest BCUT2D eigenvalue weighted by molar-refractivity contribution is 6.02. The zero-order valence-corrected chi connectivity index (χ0v) is 11.5. The molecule has 0 saturated carbocycles. The van der Waals surface area contributed by atoms with Crippen LogP contribution in [-0.4, -0.2) is 23.3 Å². The minimum Gasteiger partial charge on any atom is -0.325 e. The number of amides is 2. The van der Waals surface area contributed by atoms with Crippen molar-refractivity contribution >= 4 is 17.5 Å². The molecule has 0 radical (unpaired) electrons. The van der Waals surface area contributed by atoms with Gasteiger partial charge in [-0.05, 0) is 23.8 Å². The molecule has 2 amide bonds. The summed E-state index contributed by atoms with van der Waals surface area (Å²) >= 11 is 0. The number of nitrogens with zero attached hydrogens (tertiary/aromatic N) is 1. The molecule has 2 aromatic carbocycles. The number of carbonyl (C=O) groups excluding carboxylic acids is 2. The van der Waals surface area contributed by atoms with E-state index in [1.54, 1.807) is 12.1 Å². The SMILES string of the molecule is O=C(CN1Cc2ccccc2C1=O)Nc1ccc(F)cc1F. The summed E-state index contributed by atoms with van der Waals surface area (Å²) in [5.74, 6) is -2.35. The molecule has 22 heavy (non-hydrogen) atoms. The molecular weight excluding hydrogens is 290 g/mol. The van der Waals surface area contributed by atoms with Crippen molar-refractivity contribution in [2.75, 3.05) is 11.9 Å². The van der Waals surface area contributed by atoms with E-state index in [1.807, 2.05) is 12.1 Å².